The van der Waals surface area contributed by atoms with E-state index in [1.54, 1.807) is 0 Å². The number of aryl methyl sites for hydroxylation is 1. The molecular formula is C9H16N4O3S. The number of H-pyrrole nitrogens is 1. The average molecular weight is 260 g/mol. The zero-order valence-electron chi connectivity index (χ0n) is 9.86. The number of carbonyl (C=O) groups excluding carboxylic acids is 1. The molecule has 0 saturated carbocycles. The predicted molar refractivity (Wildman–Crippen MR) is 62.4 cm³/mol. The van der Waals surface area contributed by atoms with E-state index in [4.69, 9.17) is 0 Å². The number of hydrogen-bond donors (Lipinski definition) is 2. The van der Waals surface area contributed by atoms with Crippen LogP contribution in [0.25, 0.3) is 0 Å². The molecule has 8 heteroatoms. The quantitative estimate of drug-likeness (QED) is 0.673. The molecule has 0 atom stereocenters. The highest BCUT2D eigenvalue weighted by Crippen LogP contribution is 1.94. The summed E-state index contributed by atoms with van der Waals surface area (Å²) >= 11 is 0. The van der Waals surface area contributed by atoms with Crippen LogP contribution in [0, 0.1) is 0 Å². The van der Waals surface area contributed by atoms with Crippen LogP contribution in [-0.4, -0.2) is 48.1 Å². The number of nitrogens with zero attached hydrogens (tertiary/aromatic N) is 2. The highest BCUT2D eigenvalue weighted by molar-refractivity contribution is 7.90. The maximum Gasteiger partial charge on any atom is 0.290 e. The van der Waals surface area contributed by atoms with Gasteiger partial charge in [0.25, 0.3) is 5.91 Å². The van der Waals surface area contributed by atoms with E-state index in [0.717, 1.165) is 6.26 Å². The minimum absolute atomic E-state index is 0.0570. The van der Waals surface area contributed by atoms with E-state index >= 15 is 0 Å². The van der Waals surface area contributed by atoms with Gasteiger partial charge in [-0.25, -0.2) is 13.4 Å². The summed E-state index contributed by atoms with van der Waals surface area (Å²) in [7, 11) is -2.98. The van der Waals surface area contributed by atoms with E-state index < -0.39 is 15.7 Å². The van der Waals surface area contributed by atoms with Gasteiger partial charge in [0, 0.05) is 19.2 Å². The molecule has 0 aliphatic heterocycles. The van der Waals surface area contributed by atoms with Crippen molar-refractivity contribution in [2.75, 3.05) is 18.6 Å². The topological polar surface area (TPSA) is 105 Å². The molecule has 0 radical (unpaired) electrons. The van der Waals surface area contributed by atoms with Crippen LogP contribution in [-0.2, 0) is 16.3 Å². The molecule has 0 saturated heterocycles. The lowest BCUT2D eigenvalue weighted by molar-refractivity contribution is 0.0943. The van der Waals surface area contributed by atoms with Gasteiger partial charge < -0.3 is 5.32 Å². The van der Waals surface area contributed by atoms with Gasteiger partial charge in [0.2, 0.25) is 5.82 Å². The van der Waals surface area contributed by atoms with Crippen molar-refractivity contribution in [1.29, 1.82) is 0 Å². The maximum atomic E-state index is 11.5. The molecule has 0 unspecified atom stereocenters. The Morgan fingerprint density at radius 3 is 2.71 bits per heavy atom. The zero-order valence-corrected chi connectivity index (χ0v) is 10.7. The molecule has 1 rings (SSSR count). The Labute approximate surface area is 99.9 Å². The average Bonchev–Trinajstić information content (AvgIpc) is 2.71. The maximum absolute atomic E-state index is 11.5. The molecule has 1 heterocycles. The van der Waals surface area contributed by atoms with Gasteiger partial charge in [0.15, 0.2) is 0 Å². The fraction of sp³-hybridized carbons (Fsp3) is 0.667. The SMILES string of the molecule is CCc1nc(C(=O)NCCCS(C)(=O)=O)n[nH]1. The van der Waals surface area contributed by atoms with Crippen molar-refractivity contribution in [3.8, 4) is 0 Å². The molecule has 0 fully saturated rings. The molecule has 2 N–H and O–H groups in total. The molecule has 0 bridgehead atoms. The molecule has 0 aromatic carbocycles. The molecular weight excluding hydrogens is 244 g/mol. The largest absolute Gasteiger partial charge is 0.349 e. The number of amides is 1. The summed E-state index contributed by atoms with van der Waals surface area (Å²) in [6.45, 7) is 2.19. The molecule has 0 aliphatic rings. The summed E-state index contributed by atoms with van der Waals surface area (Å²) in [5.41, 5.74) is 0. The molecule has 1 amide bonds. The third-order valence-electron chi connectivity index (χ3n) is 2.05. The lowest BCUT2D eigenvalue weighted by atomic mass is 10.4. The minimum atomic E-state index is -2.98. The smallest absolute Gasteiger partial charge is 0.290 e. The van der Waals surface area contributed by atoms with E-state index in [1.165, 1.54) is 0 Å². The number of nitrogens with one attached hydrogen (secondary N) is 2. The van der Waals surface area contributed by atoms with Crippen LogP contribution in [0.15, 0.2) is 0 Å². The second-order valence-electron chi connectivity index (χ2n) is 3.70. The van der Waals surface area contributed by atoms with E-state index in [9.17, 15) is 13.2 Å². The van der Waals surface area contributed by atoms with Gasteiger partial charge in [-0.2, -0.15) is 0 Å². The summed E-state index contributed by atoms with van der Waals surface area (Å²) < 4.78 is 21.7. The lowest BCUT2D eigenvalue weighted by Gasteiger charge is -2.01. The van der Waals surface area contributed by atoms with Crippen LogP contribution >= 0.6 is 0 Å². The summed E-state index contributed by atoms with van der Waals surface area (Å²) in [5, 5.41) is 8.94. The summed E-state index contributed by atoms with van der Waals surface area (Å²) in [4.78, 5) is 15.5. The third kappa shape index (κ3) is 4.94. The highest BCUT2D eigenvalue weighted by atomic mass is 32.2. The van der Waals surface area contributed by atoms with Crippen LogP contribution < -0.4 is 5.32 Å². The van der Waals surface area contributed by atoms with Crippen molar-refractivity contribution in [2.24, 2.45) is 0 Å². The molecule has 0 aliphatic carbocycles. The summed E-state index contributed by atoms with van der Waals surface area (Å²) in [6, 6.07) is 0. The Morgan fingerprint density at radius 2 is 2.18 bits per heavy atom. The molecule has 0 spiro atoms. The second-order valence-corrected chi connectivity index (χ2v) is 5.96. The number of hydrogen-bond acceptors (Lipinski definition) is 5. The van der Waals surface area contributed by atoms with Crippen molar-refractivity contribution in [2.45, 2.75) is 19.8 Å². The van der Waals surface area contributed by atoms with Crippen LogP contribution in [0.2, 0.25) is 0 Å². The molecule has 17 heavy (non-hydrogen) atoms. The van der Waals surface area contributed by atoms with Gasteiger partial charge in [-0.1, -0.05) is 6.92 Å². The van der Waals surface area contributed by atoms with Gasteiger partial charge in [0.1, 0.15) is 15.7 Å². The first kappa shape index (κ1) is 13.6. The summed E-state index contributed by atoms with van der Waals surface area (Å²) in [6.07, 6.45) is 2.22. The van der Waals surface area contributed by atoms with Gasteiger partial charge in [-0.15, -0.1) is 5.10 Å². The van der Waals surface area contributed by atoms with Crippen molar-refractivity contribution < 1.29 is 13.2 Å². The Balaban J connectivity index is 2.35. The van der Waals surface area contributed by atoms with Crippen molar-refractivity contribution in [3.63, 3.8) is 0 Å². The molecule has 1 aromatic heterocycles. The minimum Gasteiger partial charge on any atom is -0.349 e. The van der Waals surface area contributed by atoms with Crippen molar-refractivity contribution in [1.82, 2.24) is 20.5 Å². The molecule has 96 valence electrons. The van der Waals surface area contributed by atoms with E-state index in [2.05, 4.69) is 20.5 Å². The van der Waals surface area contributed by atoms with Crippen LogP contribution in [0.5, 0.6) is 0 Å². The predicted octanol–water partition coefficient (Wildman–Crippen LogP) is -0.468. The lowest BCUT2D eigenvalue weighted by Crippen LogP contribution is -2.26. The summed E-state index contributed by atoms with van der Waals surface area (Å²) in [5.74, 6) is 0.392. The van der Waals surface area contributed by atoms with Gasteiger partial charge >= 0.3 is 0 Å². The monoisotopic (exact) mass is 260 g/mol. The van der Waals surface area contributed by atoms with Crippen LogP contribution in [0.3, 0.4) is 0 Å². The van der Waals surface area contributed by atoms with Gasteiger partial charge in [-0.3, -0.25) is 9.89 Å². The van der Waals surface area contributed by atoms with E-state index in [0.29, 0.717) is 25.2 Å². The van der Waals surface area contributed by atoms with Crippen LogP contribution in [0.4, 0.5) is 0 Å². The Morgan fingerprint density at radius 1 is 1.47 bits per heavy atom. The first-order valence-corrected chi connectivity index (χ1v) is 7.35. The Kier molecular flexibility index (Phi) is 4.62. The Bertz CT molecular complexity index is 480. The van der Waals surface area contributed by atoms with Gasteiger partial charge in [-0.05, 0) is 6.42 Å². The van der Waals surface area contributed by atoms with E-state index in [1.807, 2.05) is 6.92 Å². The second kappa shape index (κ2) is 5.76. The van der Waals surface area contributed by atoms with Crippen LogP contribution in [0.1, 0.15) is 29.8 Å². The first-order valence-electron chi connectivity index (χ1n) is 5.29. The zero-order chi connectivity index (χ0) is 12.9. The van der Waals surface area contributed by atoms with E-state index in [-0.39, 0.29) is 11.6 Å². The van der Waals surface area contributed by atoms with Crippen molar-refractivity contribution >= 4 is 15.7 Å². The fourth-order valence-corrected chi connectivity index (χ4v) is 1.84. The van der Waals surface area contributed by atoms with Crippen molar-refractivity contribution in [3.05, 3.63) is 11.6 Å². The third-order valence-corrected chi connectivity index (χ3v) is 3.08. The normalized spacial score (nSPS) is 11.4. The first-order chi connectivity index (χ1) is 7.92. The standard InChI is InChI=1S/C9H16N4O3S/c1-3-7-11-8(13-12-7)9(14)10-5-4-6-17(2,15)16/h3-6H2,1-2H3,(H,10,14)(H,11,12,13). The van der Waals surface area contributed by atoms with Gasteiger partial charge in [0.05, 0.1) is 5.75 Å². The number of aromatic nitrogens is 3. The number of aromatic amines is 1. The number of carbonyl (C=O) groups is 1. The fourth-order valence-electron chi connectivity index (χ4n) is 1.17. The number of sulfone groups is 1. The Hall–Kier alpha value is -1.44. The highest BCUT2D eigenvalue weighted by Gasteiger charge is 2.11. The molecule has 7 nitrogen and oxygen atoms in total. The molecule has 1 aromatic rings. The number of rotatable bonds is 6.